The number of fused-ring (bicyclic) bond motifs is 1. The maximum atomic E-state index is 13.1. The first-order chi connectivity index (χ1) is 17.3. The average Bonchev–Trinajstić information content (AvgIpc) is 3.61. The third-order valence-corrected chi connectivity index (χ3v) is 8.21. The Hall–Kier alpha value is -2.87. The minimum absolute atomic E-state index is 0.0277. The molecule has 4 aromatic rings. The fraction of sp³-hybridized carbons (Fsp3) is 0.370. The minimum atomic E-state index is -0.335. The van der Waals surface area contributed by atoms with Gasteiger partial charge in [0, 0.05) is 23.7 Å². The lowest BCUT2D eigenvalue weighted by molar-refractivity contribution is -0.117. The smallest absolute Gasteiger partial charge is 0.227 e. The number of anilines is 1. The molecule has 3 atom stereocenters. The molecule has 9 heteroatoms. The predicted molar refractivity (Wildman–Crippen MR) is 140 cm³/mol. The highest BCUT2D eigenvalue weighted by Crippen LogP contribution is 2.43. The van der Waals surface area contributed by atoms with Crippen LogP contribution in [0.5, 0.6) is 0 Å². The van der Waals surface area contributed by atoms with E-state index in [2.05, 4.69) is 27.9 Å². The van der Waals surface area contributed by atoms with Crippen molar-refractivity contribution in [3.63, 3.8) is 0 Å². The summed E-state index contributed by atoms with van der Waals surface area (Å²) in [7, 11) is 0. The van der Waals surface area contributed by atoms with Gasteiger partial charge >= 0.3 is 0 Å². The number of hydrogen-bond acceptors (Lipinski definition) is 5. The molecule has 2 aromatic carbocycles. The number of nitrogens with zero attached hydrogens (tertiary/aromatic N) is 4. The summed E-state index contributed by atoms with van der Waals surface area (Å²) in [6.45, 7) is 3.84. The van der Waals surface area contributed by atoms with E-state index in [1.165, 1.54) is 0 Å². The fourth-order valence-electron chi connectivity index (χ4n) is 5.84. The van der Waals surface area contributed by atoms with Gasteiger partial charge in [0.2, 0.25) is 5.91 Å². The van der Waals surface area contributed by atoms with Crippen molar-refractivity contribution >= 4 is 45.8 Å². The number of carbonyl (C=O) groups is 1. The van der Waals surface area contributed by atoms with Gasteiger partial charge < -0.3 is 19.1 Å². The van der Waals surface area contributed by atoms with E-state index in [1.807, 2.05) is 19.9 Å². The van der Waals surface area contributed by atoms with Crippen molar-refractivity contribution in [1.29, 1.82) is 0 Å². The van der Waals surface area contributed by atoms with Crippen LogP contribution in [0.15, 0.2) is 40.9 Å². The van der Waals surface area contributed by atoms with Gasteiger partial charge in [-0.05, 0) is 75.4 Å². The molecule has 1 aliphatic heterocycles. The van der Waals surface area contributed by atoms with Gasteiger partial charge in [0.05, 0.1) is 38.9 Å². The summed E-state index contributed by atoms with van der Waals surface area (Å²) in [5.74, 6) is 1.62. The van der Waals surface area contributed by atoms with Gasteiger partial charge in [0.1, 0.15) is 11.6 Å². The Morgan fingerprint density at radius 3 is 2.58 bits per heavy atom. The molecular weight excluding hydrogens is 499 g/mol. The van der Waals surface area contributed by atoms with Crippen molar-refractivity contribution in [2.24, 2.45) is 0 Å². The van der Waals surface area contributed by atoms with Crippen LogP contribution in [0.25, 0.3) is 22.2 Å². The van der Waals surface area contributed by atoms with Crippen LogP contribution in [0, 0.1) is 13.8 Å². The predicted octanol–water partition coefficient (Wildman–Crippen LogP) is 6.57. The number of aliphatic hydroxyl groups is 1. The van der Waals surface area contributed by atoms with Crippen LogP contribution in [-0.4, -0.2) is 31.8 Å². The molecule has 0 spiro atoms. The molecule has 2 aromatic heterocycles. The Kier molecular flexibility index (Phi) is 5.82. The maximum Gasteiger partial charge on any atom is 0.227 e. The first kappa shape index (κ1) is 23.5. The van der Waals surface area contributed by atoms with E-state index in [1.54, 1.807) is 17.0 Å². The van der Waals surface area contributed by atoms with E-state index in [9.17, 15) is 9.90 Å². The summed E-state index contributed by atoms with van der Waals surface area (Å²) in [5.41, 5.74) is 5.34. The zero-order valence-corrected chi connectivity index (χ0v) is 21.6. The first-order valence-electron chi connectivity index (χ1n) is 12.2. The number of halogens is 2. The second kappa shape index (κ2) is 8.91. The standard InChI is InChI=1S/C27H26Cl2N4O3/c1-14-26(15(2)36-31-14)16-3-8-23-22(11-16)30-27(33(23)17-4-6-19(34)12-17)24-9-10-25(35)32(24)18-5-7-20(28)21(29)13-18/h3,5,7-8,11,13,17,19,24,34H,4,6,9-10,12H2,1-2H3/t17-,19-,24+/m1/s1. The van der Waals surface area contributed by atoms with Gasteiger partial charge in [0.25, 0.3) is 0 Å². The van der Waals surface area contributed by atoms with Gasteiger partial charge in [-0.2, -0.15) is 0 Å². The lowest BCUT2D eigenvalue weighted by atomic mass is 10.0. The Morgan fingerprint density at radius 1 is 1.06 bits per heavy atom. The zero-order valence-electron chi connectivity index (χ0n) is 20.0. The third-order valence-electron chi connectivity index (χ3n) is 7.47. The van der Waals surface area contributed by atoms with Crippen LogP contribution in [0.4, 0.5) is 5.69 Å². The van der Waals surface area contributed by atoms with Gasteiger partial charge in [-0.15, -0.1) is 0 Å². The Labute approximate surface area is 218 Å². The normalized spacial score (nSPS) is 22.3. The summed E-state index contributed by atoms with van der Waals surface area (Å²) in [6.07, 6.45) is 3.01. The van der Waals surface area contributed by atoms with E-state index in [0.29, 0.717) is 35.0 Å². The van der Waals surface area contributed by atoms with Crippen LogP contribution in [0.3, 0.4) is 0 Å². The molecule has 1 N–H and O–H groups in total. The summed E-state index contributed by atoms with van der Waals surface area (Å²) >= 11 is 12.5. The Bertz CT molecular complexity index is 1470. The summed E-state index contributed by atoms with van der Waals surface area (Å²) in [5, 5.41) is 15.3. The number of aromatic nitrogens is 3. The SMILES string of the molecule is Cc1noc(C)c1-c1ccc2c(c1)nc([C@@H]1CCC(=O)N1c1ccc(Cl)c(Cl)c1)n2[C@@H]1CC[C@@H](O)C1. The van der Waals surface area contributed by atoms with Crippen molar-refractivity contribution in [2.45, 2.75) is 64.1 Å². The molecule has 1 saturated carbocycles. The molecule has 0 radical (unpaired) electrons. The highest BCUT2D eigenvalue weighted by molar-refractivity contribution is 6.42. The topological polar surface area (TPSA) is 84.4 Å². The van der Waals surface area contributed by atoms with Gasteiger partial charge in [0.15, 0.2) is 0 Å². The highest BCUT2D eigenvalue weighted by atomic mass is 35.5. The van der Waals surface area contributed by atoms with E-state index < -0.39 is 0 Å². The van der Waals surface area contributed by atoms with Crippen molar-refractivity contribution in [1.82, 2.24) is 14.7 Å². The second-order valence-electron chi connectivity index (χ2n) is 9.78. The lowest BCUT2D eigenvalue weighted by Crippen LogP contribution is -2.29. The van der Waals surface area contributed by atoms with E-state index in [0.717, 1.165) is 52.3 Å². The summed E-state index contributed by atoms with van der Waals surface area (Å²) in [6, 6.07) is 11.4. The van der Waals surface area contributed by atoms with Gasteiger partial charge in [-0.3, -0.25) is 4.79 Å². The number of aryl methyl sites for hydroxylation is 2. The number of benzene rings is 2. The van der Waals surface area contributed by atoms with E-state index >= 15 is 0 Å². The number of imidazole rings is 1. The molecule has 0 unspecified atom stereocenters. The molecule has 2 fully saturated rings. The molecular formula is C27H26Cl2N4O3. The zero-order chi connectivity index (χ0) is 25.1. The lowest BCUT2D eigenvalue weighted by Gasteiger charge is -2.27. The van der Waals surface area contributed by atoms with Gasteiger partial charge in [-0.25, -0.2) is 4.98 Å². The van der Waals surface area contributed by atoms with Crippen molar-refractivity contribution < 1.29 is 14.4 Å². The quantitative estimate of drug-likeness (QED) is 0.326. The molecule has 1 amide bonds. The summed E-state index contributed by atoms with van der Waals surface area (Å²) < 4.78 is 7.64. The Morgan fingerprint density at radius 2 is 1.89 bits per heavy atom. The highest BCUT2D eigenvalue weighted by Gasteiger charge is 2.39. The molecule has 3 heterocycles. The Balaban J connectivity index is 1.51. The maximum absolute atomic E-state index is 13.1. The van der Waals surface area contributed by atoms with Gasteiger partial charge in [-0.1, -0.05) is 34.4 Å². The van der Waals surface area contributed by atoms with E-state index in [4.69, 9.17) is 32.7 Å². The molecule has 6 rings (SSSR count). The molecule has 1 aliphatic carbocycles. The van der Waals surface area contributed by atoms with E-state index in [-0.39, 0.29) is 24.1 Å². The van der Waals surface area contributed by atoms with Crippen LogP contribution in [-0.2, 0) is 4.79 Å². The largest absolute Gasteiger partial charge is 0.393 e. The third kappa shape index (κ3) is 3.81. The van der Waals surface area contributed by atoms with Crippen LogP contribution < -0.4 is 4.90 Å². The molecule has 7 nitrogen and oxygen atoms in total. The summed E-state index contributed by atoms with van der Waals surface area (Å²) in [4.78, 5) is 20.0. The van der Waals surface area contributed by atoms with Crippen molar-refractivity contribution in [3.8, 4) is 11.1 Å². The second-order valence-corrected chi connectivity index (χ2v) is 10.6. The minimum Gasteiger partial charge on any atom is -0.393 e. The average molecular weight is 525 g/mol. The number of hydrogen-bond donors (Lipinski definition) is 1. The fourth-order valence-corrected chi connectivity index (χ4v) is 6.14. The number of amides is 1. The molecule has 0 bridgehead atoms. The van der Waals surface area contributed by atoms with Crippen LogP contribution in [0.2, 0.25) is 10.0 Å². The number of rotatable bonds is 4. The number of carbonyl (C=O) groups excluding carboxylic acids is 1. The molecule has 1 saturated heterocycles. The van der Waals surface area contributed by atoms with Crippen LogP contribution in [0.1, 0.15) is 61.5 Å². The monoisotopic (exact) mass is 524 g/mol. The molecule has 36 heavy (non-hydrogen) atoms. The van der Waals surface area contributed by atoms with Crippen molar-refractivity contribution in [3.05, 3.63) is 63.7 Å². The molecule has 186 valence electrons. The van der Waals surface area contributed by atoms with Crippen LogP contribution >= 0.6 is 23.2 Å². The van der Waals surface area contributed by atoms with Crippen molar-refractivity contribution in [2.75, 3.05) is 4.90 Å². The molecule has 2 aliphatic rings. The first-order valence-corrected chi connectivity index (χ1v) is 13.0. The number of aliphatic hydroxyl groups excluding tert-OH is 1.